The molecule has 0 spiro atoms. The van der Waals surface area contributed by atoms with Crippen molar-refractivity contribution in [3.8, 4) is 11.5 Å². The minimum Gasteiger partial charge on any atom is -0.478 e. The van der Waals surface area contributed by atoms with Crippen LogP contribution in [0.4, 0.5) is 10.1 Å². The maximum absolute atomic E-state index is 13.5. The topological polar surface area (TPSA) is 107 Å². The van der Waals surface area contributed by atoms with Gasteiger partial charge in [-0.3, -0.25) is 14.8 Å². The molecule has 8 nitrogen and oxygen atoms in total. The molecule has 2 rings (SSSR count). The molecule has 1 heterocycles. The Morgan fingerprint density at radius 2 is 2.29 bits per heavy atom. The summed E-state index contributed by atoms with van der Waals surface area (Å²) in [5.41, 5.74) is -1.37. The molecule has 1 aromatic carbocycles. The van der Waals surface area contributed by atoms with Crippen LogP contribution in [-0.2, 0) is 6.54 Å². The Kier molecular flexibility index (Phi) is 3.83. The lowest BCUT2D eigenvalue weighted by molar-refractivity contribution is -0.385. The lowest BCUT2D eigenvalue weighted by Crippen LogP contribution is -2.03. The van der Waals surface area contributed by atoms with E-state index in [1.54, 1.807) is 0 Å². The van der Waals surface area contributed by atoms with E-state index in [0.29, 0.717) is 12.6 Å². The number of rotatable bonds is 5. The maximum atomic E-state index is 13.5. The van der Waals surface area contributed by atoms with Crippen LogP contribution in [0.15, 0.2) is 24.5 Å². The van der Waals surface area contributed by atoms with Gasteiger partial charge in [-0.2, -0.15) is 5.10 Å². The Morgan fingerprint density at radius 3 is 2.81 bits per heavy atom. The molecule has 0 unspecified atom stereocenters. The molecule has 0 bridgehead atoms. The predicted molar refractivity (Wildman–Crippen MR) is 68.0 cm³/mol. The summed E-state index contributed by atoms with van der Waals surface area (Å²) in [6.07, 6.45) is 2.80. The Morgan fingerprint density at radius 1 is 1.57 bits per heavy atom. The molecule has 0 saturated heterocycles. The standard InChI is InChI=1S/C12H10FN3O5/c1-2-15-6-7(5-14-15)21-11-3-8(12(17)18)9(13)4-10(11)16(19)20/h3-6H,2H2,1H3,(H,17,18). The summed E-state index contributed by atoms with van der Waals surface area (Å²) >= 11 is 0. The zero-order chi connectivity index (χ0) is 15.6. The number of hydrogen-bond acceptors (Lipinski definition) is 5. The highest BCUT2D eigenvalue weighted by atomic mass is 19.1. The van der Waals surface area contributed by atoms with E-state index in [1.807, 2.05) is 6.92 Å². The van der Waals surface area contributed by atoms with Gasteiger partial charge in [0.05, 0.1) is 28.9 Å². The van der Waals surface area contributed by atoms with Crippen molar-refractivity contribution in [3.63, 3.8) is 0 Å². The summed E-state index contributed by atoms with van der Waals surface area (Å²) in [4.78, 5) is 20.9. The van der Waals surface area contributed by atoms with Gasteiger partial charge in [-0.1, -0.05) is 0 Å². The summed E-state index contributed by atoms with van der Waals surface area (Å²) in [6, 6.07) is 1.29. The van der Waals surface area contributed by atoms with E-state index in [2.05, 4.69) is 5.10 Å². The van der Waals surface area contributed by atoms with Crippen LogP contribution in [0.5, 0.6) is 11.5 Å². The number of nitro benzene ring substituents is 1. The number of nitro groups is 1. The van der Waals surface area contributed by atoms with E-state index in [1.165, 1.54) is 17.1 Å². The van der Waals surface area contributed by atoms with Crippen LogP contribution in [0.3, 0.4) is 0 Å². The zero-order valence-electron chi connectivity index (χ0n) is 10.8. The van der Waals surface area contributed by atoms with Crippen molar-refractivity contribution in [1.29, 1.82) is 0 Å². The van der Waals surface area contributed by atoms with Crippen LogP contribution in [0.1, 0.15) is 17.3 Å². The summed E-state index contributed by atoms with van der Waals surface area (Å²) in [5.74, 6) is -2.93. The minimum atomic E-state index is -1.54. The molecule has 1 aromatic heterocycles. The first-order chi connectivity index (χ1) is 9.92. The van der Waals surface area contributed by atoms with Crippen molar-refractivity contribution in [2.45, 2.75) is 13.5 Å². The van der Waals surface area contributed by atoms with Gasteiger partial charge in [0, 0.05) is 12.6 Å². The van der Waals surface area contributed by atoms with Crippen molar-refractivity contribution in [3.05, 3.63) is 46.0 Å². The first-order valence-corrected chi connectivity index (χ1v) is 5.84. The van der Waals surface area contributed by atoms with Gasteiger partial charge in [0.15, 0.2) is 5.75 Å². The minimum absolute atomic E-state index is 0.183. The van der Waals surface area contributed by atoms with E-state index >= 15 is 0 Å². The van der Waals surface area contributed by atoms with Crippen LogP contribution in [-0.4, -0.2) is 25.8 Å². The van der Waals surface area contributed by atoms with Gasteiger partial charge < -0.3 is 9.84 Å². The maximum Gasteiger partial charge on any atom is 0.338 e. The number of aryl methyl sites for hydroxylation is 1. The first-order valence-electron chi connectivity index (χ1n) is 5.84. The SMILES string of the molecule is CCn1cc(Oc2cc(C(=O)O)c(F)cc2[N+](=O)[O-])cn1. The molecule has 0 amide bonds. The Bertz CT molecular complexity index is 713. The second-order valence-electron chi connectivity index (χ2n) is 4.00. The highest BCUT2D eigenvalue weighted by molar-refractivity contribution is 5.89. The molecule has 9 heteroatoms. The predicted octanol–water partition coefficient (Wildman–Crippen LogP) is 2.44. The molecule has 2 aromatic rings. The number of ether oxygens (including phenoxy) is 1. The van der Waals surface area contributed by atoms with Crippen molar-refractivity contribution in [2.75, 3.05) is 0 Å². The highest BCUT2D eigenvalue weighted by Crippen LogP contribution is 2.33. The average molecular weight is 295 g/mol. The van der Waals surface area contributed by atoms with Gasteiger partial charge >= 0.3 is 11.7 Å². The smallest absolute Gasteiger partial charge is 0.338 e. The molecule has 0 atom stereocenters. The molecule has 110 valence electrons. The van der Waals surface area contributed by atoms with E-state index in [9.17, 15) is 19.3 Å². The highest BCUT2D eigenvalue weighted by Gasteiger charge is 2.23. The Hall–Kier alpha value is -2.97. The fraction of sp³-hybridized carbons (Fsp3) is 0.167. The molecular weight excluding hydrogens is 285 g/mol. The van der Waals surface area contributed by atoms with Crippen LogP contribution >= 0.6 is 0 Å². The van der Waals surface area contributed by atoms with E-state index < -0.39 is 28.0 Å². The monoisotopic (exact) mass is 295 g/mol. The number of carboxylic acids is 1. The number of hydrogen-bond donors (Lipinski definition) is 1. The first kappa shape index (κ1) is 14.4. The number of carboxylic acid groups (broad SMARTS) is 1. The Balaban J connectivity index is 2.46. The number of aromatic carboxylic acids is 1. The van der Waals surface area contributed by atoms with Crippen molar-refractivity contribution >= 4 is 11.7 Å². The van der Waals surface area contributed by atoms with Gasteiger partial charge in [0.2, 0.25) is 5.75 Å². The molecule has 0 aliphatic heterocycles. The second kappa shape index (κ2) is 5.57. The van der Waals surface area contributed by atoms with Gasteiger partial charge in [0.25, 0.3) is 0 Å². The summed E-state index contributed by atoms with van der Waals surface area (Å²) in [5, 5.41) is 23.7. The molecule has 0 saturated carbocycles. The lowest BCUT2D eigenvalue weighted by Gasteiger charge is -2.06. The van der Waals surface area contributed by atoms with Crippen LogP contribution in [0.2, 0.25) is 0 Å². The number of benzene rings is 1. The molecule has 0 fully saturated rings. The van der Waals surface area contributed by atoms with Gasteiger partial charge in [-0.25, -0.2) is 9.18 Å². The quantitative estimate of drug-likeness (QED) is 0.670. The average Bonchev–Trinajstić information content (AvgIpc) is 2.87. The van der Waals surface area contributed by atoms with Gasteiger partial charge in [0.1, 0.15) is 5.82 Å². The van der Waals surface area contributed by atoms with Gasteiger partial charge in [-0.15, -0.1) is 0 Å². The summed E-state index contributed by atoms with van der Waals surface area (Å²) in [7, 11) is 0. The third-order valence-corrected chi connectivity index (χ3v) is 2.64. The van der Waals surface area contributed by atoms with Crippen LogP contribution in [0, 0.1) is 15.9 Å². The molecule has 0 aliphatic rings. The number of nitrogens with zero attached hydrogens (tertiary/aromatic N) is 3. The van der Waals surface area contributed by atoms with Crippen LogP contribution < -0.4 is 4.74 Å². The van der Waals surface area contributed by atoms with E-state index in [0.717, 1.165) is 6.07 Å². The fourth-order valence-electron chi connectivity index (χ4n) is 1.63. The largest absolute Gasteiger partial charge is 0.478 e. The van der Waals surface area contributed by atoms with Crippen molar-refractivity contribution < 1.29 is 24.0 Å². The molecule has 1 N–H and O–H groups in total. The molecule has 0 radical (unpaired) electrons. The fourth-order valence-corrected chi connectivity index (χ4v) is 1.63. The lowest BCUT2D eigenvalue weighted by atomic mass is 10.2. The van der Waals surface area contributed by atoms with Crippen molar-refractivity contribution in [1.82, 2.24) is 9.78 Å². The van der Waals surface area contributed by atoms with E-state index in [4.69, 9.17) is 9.84 Å². The number of halogens is 1. The third-order valence-electron chi connectivity index (χ3n) is 2.64. The van der Waals surface area contributed by atoms with Crippen LogP contribution in [0.25, 0.3) is 0 Å². The van der Waals surface area contributed by atoms with E-state index in [-0.39, 0.29) is 11.5 Å². The molecule has 0 aliphatic carbocycles. The number of aromatic nitrogens is 2. The van der Waals surface area contributed by atoms with Gasteiger partial charge in [-0.05, 0) is 6.92 Å². The number of carbonyl (C=O) groups is 1. The third kappa shape index (κ3) is 2.96. The Labute approximate surface area is 117 Å². The zero-order valence-corrected chi connectivity index (χ0v) is 10.8. The summed E-state index contributed by atoms with van der Waals surface area (Å²) in [6.45, 7) is 2.40. The second-order valence-corrected chi connectivity index (χ2v) is 4.00. The van der Waals surface area contributed by atoms with Crippen molar-refractivity contribution in [2.24, 2.45) is 0 Å². The summed E-state index contributed by atoms with van der Waals surface area (Å²) < 4.78 is 20.2. The molecule has 21 heavy (non-hydrogen) atoms. The normalized spacial score (nSPS) is 10.4. The molecular formula is C12H10FN3O5.